The summed E-state index contributed by atoms with van der Waals surface area (Å²) < 4.78 is 2.03. The third-order valence-corrected chi connectivity index (χ3v) is 7.12. The summed E-state index contributed by atoms with van der Waals surface area (Å²) >= 11 is 3.04. The van der Waals surface area contributed by atoms with Crippen LogP contribution in [0.15, 0.2) is 5.16 Å². The summed E-state index contributed by atoms with van der Waals surface area (Å²) in [6.07, 6.45) is 5.66. The van der Waals surface area contributed by atoms with Gasteiger partial charge in [-0.15, -0.1) is 21.5 Å². The number of aryl methyl sites for hydroxylation is 1. The van der Waals surface area contributed by atoms with Crippen molar-refractivity contribution in [3.63, 3.8) is 0 Å². The Kier molecular flexibility index (Phi) is 3.53. The van der Waals surface area contributed by atoms with E-state index in [1.165, 1.54) is 28.6 Å². The lowest BCUT2D eigenvalue weighted by Crippen LogP contribution is -2.09. The minimum atomic E-state index is -0.842. The summed E-state index contributed by atoms with van der Waals surface area (Å²) in [7, 11) is 0. The molecule has 0 radical (unpaired) electrons. The van der Waals surface area contributed by atoms with Crippen molar-refractivity contribution in [2.24, 2.45) is 5.92 Å². The van der Waals surface area contributed by atoms with Crippen LogP contribution in [0.1, 0.15) is 48.4 Å². The minimum absolute atomic E-state index is 0.0117. The van der Waals surface area contributed by atoms with E-state index in [0.717, 1.165) is 53.3 Å². The zero-order chi connectivity index (χ0) is 17.1. The van der Waals surface area contributed by atoms with Crippen LogP contribution in [0, 0.1) is 5.92 Å². The van der Waals surface area contributed by atoms with Crippen LogP contribution < -0.4 is 0 Å². The van der Waals surface area contributed by atoms with Crippen molar-refractivity contribution >= 4 is 44.9 Å². The maximum Gasteiger partial charge on any atom is 0.313 e. The van der Waals surface area contributed by atoms with E-state index in [2.05, 4.69) is 17.1 Å². The van der Waals surface area contributed by atoms with Gasteiger partial charge < -0.3 is 5.11 Å². The molecule has 0 spiro atoms. The lowest BCUT2D eigenvalue weighted by Gasteiger charge is -2.17. The third kappa shape index (κ3) is 2.54. The Hall–Kier alpha value is -1.67. The van der Waals surface area contributed by atoms with Gasteiger partial charge in [-0.25, -0.2) is 4.98 Å². The van der Waals surface area contributed by atoms with Crippen LogP contribution in [0.2, 0.25) is 0 Å². The first-order valence-electron chi connectivity index (χ1n) is 8.65. The molecule has 130 valence electrons. The highest BCUT2D eigenvalue weighted by Crippen LogP contribution is 2.44. The fraction of sp³-hybridized carbons (Fsp3) is 0.529. The lowest BCUT2D eigenvalue weighted by molar-refractivity contribution is -0.133. The van der Waals surface area contributed by atoms with E-state index in [-0.39, 0.29) is 5.75 Å². The van der Waals surface area contributed by atoms with E-state index in [1.807, 2.05) is 15.7 Å². The van der Waals surface area contributed by atoms with Crippen molar-refractivity contribution in [3.8, 4) is 0 Å². The van der Waals surface area contributed by atoms with Crippen molar-refractivity contribution in [3.05, 3.63) is 16.3 Å². The number of hydrogen-bond donors (Lipinski definition) is 1. The highest BCUT2D eigenvalue weighted by atomic mass is 32.2. The molecule has 1 fully saturated rings. The van der Waals surface area contributed by atoms with Gasteiger partial charge in [0.05, 0.1) is 11.1 Å². The first-order chi connectivity index (χ1) is 12.1. The highest BCUT2D eigenvalue weighted by Gasteiger charge is 2.32. The summed E-state index contributed by atoms with van der Waals surface area (Å²) in [5.74, 6) is 1.32. The molecule has 0 aromatic carbocycles. The fourth-order valence-corrected chi connectivity index (χ4v) is 5.72. The molecule has 5 rings (SSSR count). The molecule has 25 heavy (non-hydrogen) atoms. The van der Waals surface area contributed by atoms with Gasteiger partial charge in [0.25, 0.3) is 0 Å². The number of nitrogens with zero attached hydrogens (tertiary/aromatic N) is 4. The average molecular weight is 374 g/mol. The van der Waals surface area contributed by atoms with Crippen LogP contribution in [0.3, 0.4) is 0 Å². The number of fused-ring (bicyclic) bond motifs is 5. The van der Waals surface area contributed by atoms with Gasteiger partial charge >= 0.3 is 5.97 Å². The van der Waals surface area contributed by atoms with Crippen LogP contribution in [-0.4, -0.2) is 36.4 Å². The lowest BCUT2D eigenvalue weighted by atomic mass is 9.89. The summed E-state index contributed by atoms with van der Waals surface area (Å²) in [5, 5.41) is 19.6. The summed E-state index contributed by atoms with van der Waals surface area (Å²) in [5.41, 5.74) is 2.26. The molecular formula is C17H18N4O2S2. The quantitative estimate of drug-likeness (QED) is 0.704. The van der Waals surface area contributed by atoms with Crippen LogP contribution in [0.25, 0.3) is 15.9 Å². The predicted octanol–water partition coefficient (Wildman–Crippen LogP) is 3.52. The molecule has 2 aliphatic carbocycles. The molecule has 0 amide bonds. The van der Waals surface area contributed by atoms with E-state index in [4.69, 9.17) is 10.1 Å². The molecule has 3 aromatic rings. The monoisotopic (exact) mass is 374 g/mol. The Morgan fingerprint density at radius 2 is 2.20 bits per heavy atom. The largest absolute Gasteiger partial charge is 0.481 e. The number of aromatic nitrogens is 4. The normalized spacial score (nSPS) is 20.3. The zero-order valence-electron chi connectivity index (χ0n) is 13.9. The topological polar surface area (TPSA) is 80.4 Å². The average Bonchev–Trinajstić information content (AvgIpc) is 3.23. The number of hydrogen-bond acceptors (Lipinski definition) is 6. The van der Waals surface area contributed by atoms with Crippen LogP contribution in [0.5, 0.6) is 0 Å². The molecule has 0 aliphatic heterocycles. The number of aliphatic carboxylic acids is 1. The molecule has 0 bridgehead atoms. The van der Waals surface area contributed by atoms with Crippen LogP contribution in [0.4, 0.5) is 0 Å². The number of rotatable bonds is 4. The molecule has 0 unspecified atom stereocenters. The number of carboxylic acid groups (broad SMARTS) is 1. The van der Waals surface area contributed by atoms with E-state index in [0.29, 0.717) is 11.1 Å². The van der Waals surface area contributed by atoms with Gasteiger partial charge in [-0.1, -0.05) is 18.7 Å². The Bertz CT molecular complexity index is 1010. The third-order valence-electron chi connectivity index (χ3n) is 5.06. The van der Waals surface area contributed by atoms with E-state index >= 15 is 0 Å². The number of carboxylic acids is 1. The molecule has 3 heterocycles. The SMILES string of the molecule is C[C@@H]1CCc2c(sc3nc(C4CC4)n4c(SCC(=O)O)nnc4c23)C1. The Balaban J connectivity index is 1.75. The van der Waals surface area contributed by atoms with Crippen molar-refractivity contribution in [2.75, 3.05) is 5.75 Å². The molecule has 1 saturated carbocycles. The van der Waals surface area contributed by atoms with Gasteiger partial charge in [0.15, 0.2) is 10.8 Å². The second-order valence-corrected chi connectivity index (χ2v) is 9.13. The molecule has 1 atom stereocenters. The molecular weight excluding hydrogens is 356 g/mol. The Morgan fingerprint density at radius 3 is 2.96 bits per heavy atom. The Labute approximate surface area is 152 Å². The summed E-state index contributed by atoms with van der Waals surface area (Å²) in [6, 6.07) is 0. The molecule has 3 aromatic heterocycles. The zero-order valence-corrected chi connectivity index (χ0v) is 15.5. The highest BCUT2D eigenvalue weighted by molar-refractivity contribution is 7.99. The fourth-order valence-electron chi connectivity index (χ4n) is 3.67. The maximum atomic E-state index is 11.0. The second-order valence-electron chi connectivity index (χ2n) is 7.10. The predicted molar refractivity (Wildman–Crippen MR) is 97.7 cm³/mol. The van der Waals surface area contributed by atoms with Gasteiger partial charge in [0.2, 0.25) is 0 Å². The van der Waals surface area contributed by atoms with Gasteiger partial charge in [-0.05, 0) is 43.6 Å². The van der Waals surface area contributed by atoms with E-state index in [9.17, 15) is 4.79 Å². The van der Waals surface area contributed by atoms with Gasteiger partial charge in [0, 0.05) is 10.8 Å². The molecule has 1 N–H and O–H groups in total. The smallest absolute Gasteiger partial charge is 0.313 e. The minimum Gasteiger partial charge on any atom is -0.481 e. The first kappa shape index (κ1) is 15.6. The Morgan fingerprint density at radius 1 is 1.36 bits per heavy atom. The van der Waals surface area contributed by atoms with Gasteiger partial charge in [-0.3, -0.25) is 9.20 Å². The molecule has 2 aliphatic rings. The van der Waals surface area contributed by atoms with E-state index in [1.54, 1.807) is 0 Å². The number of thioether (sulfide) groups is 1. The van der Waals surface area contributed by atoms with Crippen LogP contribution in [-0.2, 0) is 17.6 Å². The van der Waals surface area contributed by atoms with Crippen molar-refractivity contribution in [2.45, 2.75) is 50.1 Å². The number of thiophene rings is 1. The first-order valence-corrected chi connectivity index (χ1v) is 10.5. The van der Waals surface area contributed by atoms with Crippen LogP contribution >= 0.6 is 23.1 Å². The van der Waals surface area contributed by atoms with Crippen molar-refractivity contribution < 1.29 is 9.90 Å². The summed E-state index contributed by atoms with van der Waals surface area (Å²) in [6.45, 7) is 2.31. The van der Waals surface area contributed by atoms with Gasteiger partial charge in [-0.2, -0.15) is 0 Å². The standard InChI is InChI=1S/C17H18N4O2S2/c1-8-2-5-10-11(6-8)25-16-13(10)15-19-20-17(24-7-12(22)23)21(15)14(18-16)9-3-4-9/h8-9H,2-7H2,1H3,(H,22,23)/t8-/m1/s1. The van der Waals surface area contributed by atoms with Gasteiger partial charge in [0.1, 0.15) is 10.7 Å². The molecule has 8 heteroatoms. The van der Waals surface area contributed by atoms with E-state index < -0.39 is 5.97 Å². The summed E-state index contributed by atoms with van der Waals surface area (Å²) in [4.78, 5) is 18.5. The maximum absolute atomic E-state index is 11.0. The molecule has 0 saturated heterocycles. The molecule has 6 nitrogen and oxygen atoms in total. The van der Waals surface area contributed by atoms with Crippen molar-refractivity contribution in [1.29, 1.82) is 0 Å². The van der Waals surface area contributed by atoms with Crippen molar-refractivity contribution in [1.82, 2.24) is 19.6 Å². The second kappa shape index (κ2) is 5.67. The number of carbonyl (C=O) groups is 1.